The molecule has 0 heterocycles. The van der Waals surface area contributed by atoms with E-state index in [1.165, 1.54) is 57.8 Å². The third-order valence-electron chi connectivity index (χ3n) is 2.95. The summed E-state index contributed by atoms with van der Waals surface area (Å²) in [4.78, 5) is 0. The molecule has 0 saturated carbocycles. The maximum Gasteiger partial charge on any atom is -0.0169 e. The summed E-state index contributed by atoms with van der Waals surface area (Å²) in [7, 11) is 0. The predicted octanol–water partition coefficient (Wildman–Crippen LogP) is 6.24. The Bertz CT molecular complexity index is 156. The molecule has 0 aromatic rings. The summed E-state index contributed by atoms with van der Waals surface area (Å²) < 4.78 is 0. The average Bonchev–Trinajstić information content (AvgIpc) is 2.35. The second kappa shape index (κ2) is 15.5. The molecule has 1 radical (unpaired) electrons. The standard InChI is InChI=1S/C17H31/c1-3-5-7-9-11-13-15-17-16-14-12-10-8-6-4-2/h13-16H,1,3-12,17H2,2H3/b15-13+,16-14+. The van der Waals surface area contributed by atoms with Gasteiger partial charge in [0.15, 0.2) is 0 Å². The van der Waals surface area contributed by atoms with E-state index >= 15 is 0 Å². The molecule has 0 unspecified atom stereocenters. The van der Waals surface area contributed by atoms with Crippen LogP contribution in [-0.2, 0) is 0 Å². The highest BCUT2D eigenvalue weighted by Gasteiger charge is 1.85. The number of allylic oxidation sites excluding steroid dienone is 4. The Balaban J connectivity index is 3.14. The minimum atomic E-state index is 1.09. The summed E-state index contributed by atoms with van der Waals surface area (Å²) in [5.41, 5.74) is 0. The molecule has 0 heteroatoms. The van der Waals surface area contributed by atoms with Gasteiger partial charge in [0.1, 0.15) is 0 Å². The summed E-state index contributed by atoms with van der Waals surface area (Å²) in [5, 5.41) is 0. The van der Waals surface area contributed by atoms with Gasteiger partial charge in [0.05, 0.1) is 0 Å². The Morgan fingerprint density at radius 1 is 0.706 bits per heavy atom. The largest absolute Gasteiger partial charge is 0.0882 e. The first kappa shape index (κ1) is 16.5. The van der Waals surface area contributed by atoms with E-state index in [0.717, 1.165) is 12.8 Å². The highest BCUT2D eigenvalue weighted by atomic mass is 13.9. The highest BCUT2D eigenvalue weighted by Crippen LogP contribution is 2.05. The maximum atomic E-state index is 3.85. The smallest absolute Gasteiger partial charge is 0.0169 e. The van der Waals surface area contributed by atoms with Crippen molar-refractivity contribution in [2.24, 2.45) is 0 Å². The summed E-state index contributed by atoms with van der Waals surface area (Å²) in [6, 6.07) is 0. The van der Waals surface area contributed by atoms with E-state index in [4.69, 9.17) is 0 Å². The Labute approximate surface area is 109 Å². The lowest BCUT2D eigenvalue weighted by Gasteiger charge is -1.94. The van der Waals surface area contributed by atoms with Crippen molar-refractivity contribution in [1.29, 1.82) is 0 Å². The number of rotatable bonds is 12. The van der Waals surface area contributed by atoms with Gasteiger partial charge >= 0.3 is 0 Å². The normalized spacial score (nSPS) is 11.9. The van der Waals surface area contributed by atoms with Crippen LogP contribution in [0.25, 0.3) is 0 Å². The summed E-state index contributed by atoms with van der Waals surface area (Å²) in [6.45, 7) is 6.11. The van der Waals surface area contributed by atoms with Crippen molar-refractivity contribution in [1.82, 2.24) is 0 Å². The molecule has 0 N–H and O–H groups in total. The van der Waals surface area contributed by atoms with Gasteiger partial charge in [-0.1, -0.05) is 76.7 Å². The molecule has 0 spiro atoms. The number of unbranched alkanes of at least 4 members (excludes halogenated alkanes) is 8. The third kappa shape index (κ3) is 15.5. The van der Waals surface area contributed by atoms with Gasteiger partial charge in [-0.25, -0.2) is 0 Å². The Hall–Kier alpha value is -0.520. The Morgan fingerprint density at radius 3 is 1.82 bits per heavy atom. The SMILES string of the molecule is [CH2]CCCCC/C=C/C/C=C/CCCCCC. The molecule has 0 aromatic heterocycles. The summed E-state index contributed by atoms with van der Waals surface area (Å²) in [6.07, 6.45) is 23.4. The fourth-order valence-corrected chi connectivity index (χ4v) is 1.81. The lowest BCUT2D eigenvalue weighted by Crippen LogP contribution is -1.74. The first-order chi connectivity index (χ1) is 8.41. The van der Waals surface area contributed by atoms with Crippen molar-refractivity contribution < 1.29 is 0 Å². The van der Waals surface area contributed by atoms with E-state index in [-0.39, 0.29) is 0 Å². The first-order valence-corrected chi connectivity index (χ1v) is 7.51. The van der Waals surface area contributed by atoms with E-state index < -0.39 is 0 Å². The lowest BCUT2D eigenvalue weighted by atomic mass is 10.1. The lowest BCUT2D eigenvalue weighted by molar-refractivity contribution is 0.674. The minimum absolute atomic E-state index is 1.09. The molecular formula is C17H31. The van der Waals surface area contributed by atoms with E-state index in [1.54, 1.807) is 0 Å². The van der Waals surface area contributed by atoms with Gasteiger partial charge in [-0.05, 0) is 32.1 Å². The van der Waals surface area contributed by atoms with Gasteiger partial charge in [0, 0.05) is 0 Å². The molecule has 0 aliphatic rings. The van der Waals surface area contributed by atoms with Gasteiger partial charge in [0.2, 0.25) is 0 Å². The molecule has 0 bridgehead atoms. The van der Waals surface area contributed by atoms with E-state index in [0.29, 0.717) is 0 Å². The third-order valence-corrected chi connectivity index (χ3v) is 2.95. The monoisotopic (exact) mass is 235 g/mol. The molecule has 0 aliphatic heterocycles. The first-order valence-electron chi connectivity index (χ1n) is 7.51. The quantitative estimate of drug-likeness (QED) is 0.277. The van der Waals surface area contributed by atoms with Crippen LogP contribution in [0.2, 0.25) is 0 Å². The van der Waals surface area contributed by atoms with Crippen molar-refractivity contribution in [3.63, 3.8) is 0 Å². The Kier molecular flexibility index (Phi) is 15.0. The maximum absolute atomic E-state index is 3.85. The topological polar surface area (TPSA) is 0 Å². The average molecular weight is 235 g/mol. The zero-order valence-electron chi connectivity index (χ0n) is 11.8. The van der Waals surface area contributed by atoms with E-state index in [9.17, 15) is 0 Å². The molecular weight excluding hydrogens is 204 g/mol. The van der Waals surface area contributed by atoms with Crippen LogP contribution < -0.4 is 0 Å². The summed E-state index contributed by atoms with van der Waals surface area (Å²) in [5.74, 6) is 0. The predicted molar refractivity (Wildman–Crippen MR) is 80.1 cm³/mol. The zero-order valence-corrected chi connectivity index (χ0v) is 11.8. The molecule has 0 atom stereocenters. The van der Waals surface area contributed by atoms with Crippen LogP contribution >= 0.6 is 0 Å². The van der Waals surface area contributed by atoms with Crippen LogP contribution in [0.15, 0.2) is 24.3 Å². The molecule has 0 amide bonds. The zero-order chi connectivity index (χ0) is 12.6. The van der Waals surface area contributed by atoms with Crippen LogP contribution in [0, 0.1) is 6.92 Å². The van der Waals surface area contributed by atoms with Crippen LogP contribution in [0.5, 0.6) is 0 Å². The van der Waals surface area contributed by atoms with Crippen LogP contribution in [0.1, 0.15) is 77.6 Å². The number of hydrogen-bond donors (Lipinski definition) is 0. The molecule has 99 valence electrons. The van der Waals surface area contributed by atoms with Gasteiger partial charge in [0.25, 0.3) is 0 Å². The fraction of sp³-hybridized carbons (Fsp3) is 0.706. The van der Waals surface area contributed by atoms with E-state index in [1.807, 2.05) is 0 Å². The van der Waals surface area contributed by atoms with Gasteiger partial charge in [-0.2, -0.15) is 0 Å². The van der Waals surface area contributed by atoms with Crippen molar-refractivity contribution >= 4 is 0 Å². The van der Waals surface area contributed by atoms with Crippen LogP contribution in [0.3, 0.4) is 0 Å². The van der Waals surface area contributed by atoms with Crippen LogP contribution in [0.4, 0.5) is 0 Å². The van der Waals surface area contributed by atoms with Gasteiger partial charge in [-0.3, -0.25) is 0 Å². The molecule has 0 aliphatic carbocycles. The summed E-state index contributed by atoms with van der Waals surface area (Å²) >= 11 is 0. The minimum Gasteiger partial charge on any atom is -0.0882 e. The number of hydrogen-bond acceptors (Lipinski definition) is 0. The van der Waals surface area contributed by atoms with Gasteiger partial charge < -0.3 is 0 Å². The second-order valence-electron chi connectivity index (χ2n) is 4.73. The molecule has 0 rings (SSSR count). The van der Waals surface area contributed by atoms with Crippen molar-refractivity contribution in [2.75, 3.05) is 0 Å². The molecule has 17 heavy (non-hydrogen) atoms. The van der Waals surface area contributed by atoms with Crippen molar-refractivity contribution in [3.8, 4) is 0 Å². The van der Waals surface area contributed by atoms with E-state index in [2.05, 4.69) is 38.2 Å². The van der Waals surface area contributed by atoms with Gasteiger partial charge in [-0.15, -0.1) is 0 Å². The fourth-order valence-electron chi connectivity index (χ4n) is 1.81. The highest BCUT2D eigenvalue weighted by molar-refractivity contribution is 4.92. The molecule has 0 fully saturated rings. The molecule has 0 aromatic carbocycles. The molecule has 0 saturated heterocycles. The Morgan fingerprint density at radius 2 is 1.29 bits per heavy atom. The van der Waals surface area contributed by atoms with Crippen molar-refractivity contribution in [2.45, 2.75) is 77.6 Å². The molecule has 0 nitrogen and oxygen atoms in total. The second-order valence-corrected chi connectivity index (χ2v) is 4.73. The van der Waals surface area contributed by atoms with Crippen LogP contribution in [-0.4, -0.2) is 0 Å². The van der Waals surface area contributed by atoms with Crippen molar-refractivity contribution in [3.05, 3.63) is 31.2 Å².